The van der Waals surface area contributed by atoms with Gasteiger partial charge in [0.2, 0.25) is 0 Å². The van der Waals surface area contributed by atoms with Gasteiger partial charge in [-0.15, -0.1) is 0 Å². The largest absolute Gasteiger partial charge is 0.356 e. The van der Waals surface area contributed by atoms with Gasteiger partial charge in [-0.3, -0.25) is 9.89 Å². The molecule has 1 aliphatic heterocycles. The summed E-state index contributed by atoms with van der Waals surface area (Å²) in [7, 11) is 4.04. The predicted octanol–water partition coefficient (Wildman–Crippen LogP) is 3.35. The molecule has 1 fully saturated rings. The molecular weight excluding hydrogens is 378 g/mol. The summed E-state index contributed by atoms with van der Waals surface area (Å²) in [5.74, 6) is 1.32. The Hall–Kier alpha value is -1.89. The third-order valence-electron chi connectivity index (χ3n) is 5.61. The van der Waals surface area contributed by atoms with Gasteiger partial charge in [-0.1, -0.05) is 31.2 Å². The summed E-state index contributed by atoms with van der Waals surface area (Å²) in [5.41, 5.74) is 4.05. The maximum absolute atomic E-state index is 4.35. The van der Waals surface area contributed by atoms with E-state index in [1.165, 1.54) is 42.7 Å². The fourth-order valence-electron chi connectivity index (χ4n) is 3.61. The van der Waals surface area contributed by atoms with Gasteiger partial charge in [0.05, 0.1) is 0 Å². The standard InChI is InChI=1S/C23H35N5S/c1-19(22-9-14-29-18-22)15-25-23(24-2)26-16-20-5-7-21(8-6-20)17-28-11-4-10-27(3)12-13-28/h5-9,14,18-19H,4,10-13,15-17H2,1-3H3,(H2,24,25,26). The third-order valence-corrected chi connectivity index (χ3v) is 6.31. The van der Waals surface area contributed by atoms with E-state index in [4.69, 9.17) is 0 Å². The van der Waals surface area contributed by atoms with E-state index in [0.717, 1.165) is 32.1 Å². The first-order valence-electron chi connectivity index (χ1n) is 10.6. The highest BCUT2D eigenvalue weighted by Crippen LogP contribution is 2.17. The molecule has 0 aliphatic carbocycles. The Morgan fingerprint density at radius 2 is 1.86 bits per heavy atom. The molecule has 3 rings (SSSR count). The zero-order valence-corrected chi connectivity index (χ0v) is 18.8. The Morgan fingerprint density at radius 1 is 1.07 bits per heavy atom. The average Bonchev–Trinajstić information content (AvgIpc) is 3.20. The lowest BCUT2D eigenvalue weighted by molar-refractivity contribution is 0.269. The normalized spacial score (nSPS) is 17.7. The summed E-state index contributed by atoms with van der Waals surface area (Å²) >= 11 is 1.75. The van der Waals surface area contributed by atoms with Gasteiger partial charge < -0.3 is 15.5 Å². The minimum Gasteiger partial charge on any atom is -0.356 e. The predicted molar refractivity (Wildman–Crippen MR) is 125 cm³/mol. The molecule has 1 saturated heterocycles. The lowest BCUT2D eigenvalue weighted by Gasteiger charge is -2.20. The summed E-state index contributed by atoms with van der Waals surface area (Å²) < 4.78 is 0. The average molecular weight is 414 g/mol. The van der Waals surface area contributed by atoms with Gasteiger partial charge in [-0.25, -0.2) is 0 Å². The fourth-order valence-corrected chi connectivity index (χ4v) is 4.39. The highest BCUT2D eigenvalue weighted by atomic mass is 32.1. The summed E-state index contributed by atoms with van der Waals surface area (Å²) in [5, 5.41) is 11.2. The van der Waals surface area contributed by atoms with Crippen molar-refractivity contribution >= 4 is 17.3 Å². The van der Waals surface area contributed by atoms with Crippen molar-refractivity contribution in [3.63, 3.8) is 0 Å². The minimum atomic E-state index is 0.470. The zero-order valence-electron chi connectivity index (χ0n) is 18.0. The summed E-state index contributed by atoms with van der Waals surface area (Å²) in [6, 6.07) is 11.2. The molecule has 1 aromatic carbocycles. The maximum atomic E-state index is 4.35. The Balaban J connectivity index is 1.42. The SMILES string of the molecule is CN=C(NCc1ccc(CN2CCCN(C)CC2)cc1)NCC(C)c1ccsc1. The van der Waals surface area contributed by atoms with Crippen molar-refractivity contribution in [3.8, 4) is 0 Å². The molecule has 1 aliphatic rings. The molecule has 29 heavy (non-hydrogen) atoms. The monoisotopic (exact) mass is 413 g/mol. The van der Waals surface area contributed by atoms with Crippen LogP contribution in [0.5, 0.6) is 0 Å². The molecule has 0 spiro atoms. The van der Waals surface area contributed by atoms with Crippen molar-refractivity contribution in [3.05, 3.63) is 57.8 Å². The molecule has 1 unspecified atom stereocenters. The Labute approximate surface area is 179 Å². The van der Waals surface area contributed by atoms with Gasteiger partial charge in [0, 0.05) is 39.8 Å². The zero-order chi connectivity index (χ0) is 20.5. The van der Waals surface area contributed by atoms with Crippen LogP contribution in [-0.2, 0) is 13.1 Å². The maximum Gasteiger partial charge on any atom is 0.191 e. The molecule has 0 radical (unpaired) electrons. The van der Waals surface area contributed by atoms with Crippen LogP contribution in [0.4, 0.5) is 0 Å². The van der Waals surface area contributed by atoms with E-state index >= 15 is 0 Å². The molecule has 5 nitrogen and oxygen atoms in total. The van der Waals surface area contributed by atoms with Crippen LogP contribution in [0.2, 0.25) is 0 Å². The van der Waals surface area contributed by atoms with Crippen molar-refractivity contribution in [1.29, 1.82) is 0 Å². The lowest BCUT2D eigenvalue weighted by Crippen LogP contribution is -2.38. The van der Waals surface area contributed by atoms with Crippen molar-refractivity contribution in [1.82, 2.24) is 20.4 Å². The van der Waals surface area contributed by atoms with Gasteiger partial charge >= 0.3 is 0 Å². The minimum absolute atomic E-state index is 0.470. The summed E-state index contributed by atoms with van der Waals surface area (Å²) in [6.07, 6.45) is 1.26. The molecule has 2 heterocycles. The number of hydrogen-bond acceptors (Lipinski definition) is 4. The van der Waals surface area contributed by atoms with Crippen LogP contribution >= 0.6 is 11.3 Å². The van der Waals surface area contributed by atoms with Crippen LogP contribution in [0.25, 0.3) is 0 Å². The molecule has 158 valence electrons. The highest BCUT2D eigenvalue weighted by molar-refractivity contribution is 7.07. The van der Waals surface area contributed by atoms with E-state index in [2.05, 4.69) is 80.5 Å². The van der Waals surface area contributed by atoms with E-state index in [1.54, 1.807) is 11.3 Å². The number of nitrogens with zero attached hydrogens (tertiary/aromatic N) is 3. The van der Waals surface area contributed by atoms with Crippen LogP contribution < -0.4 is 10.6 Å². The van der Waals surface area contributed by atoms with E-state index in [1.807, 2.05) is 7.05 Å². The number of likely N-dealkylation sites (N-methyl/N-ethyl adjacent to an activating group) is 1. The molecule has 1 aromatic heterocycles. The van der Waals surface area contributed by atoms with Crippen molar-refractivity contribution < 1.29 is 0 Å². The first kappa shape index (κ1) is 21.8. The van der Waals surface area contributed by atoms with Crippen LogP contribution in [0, 0.1) is 0 Å². The quantitative estimate of drug-likeness (QED) is 0.540. The molecule has 2 N–H and O–H groups in total. The third kappa shape index (κ3) is 7.14. The number of hydrogen-bond donors (Lipinski definition) is 2. The van der Waals surface area contributed by atoms with Gasteiger partial charge in [0.15, 0.2) is 5.96 Å². The van der Waals surface area contributed by atoms with E-state index in [-0.39, 0.29) is 0 Å². The van der Waals surface area contributed by atoms with Crippen LogP contribution in [0.15, 0.2) is 46.1 Å². The van der Waals surface area contributed by atoms with E-state index in [9.17, 15) is 0 Å². The topological polar surface area (TPSA) is 42.9 Å². The van der Waals surface area contributed by atoms with Gasteiger partial charge in [0.25, 0.3) is 0 Å². The van der Waals surface area contributed by atoms with Gasteiger partial charge in [-0.2, -0.15) is 11.3 Å². The molecule has 0 amide bonds. The number of guanidine groups is 1. The smallest absolute Gasteiger partial charge is 0.191 e. The number of rotatable bonds is 7. The van der Waals surface area contributed by atoms with E-state index < -0.39 is 0 Å². The molecule has 6 heteroatoms. The molecule has 0 bridgehead atoms. The Kier molecular flexibility index (Phi) is 8.52. The second-order valence-corrected chi connectivity index (χ2v) is 8.79. The van der Waals surface area contributed by atoms with Crippen molar-refractivity contribution in [2.45, 2.75) is 32.4 Å². The second kappa shape index (κ2) is 11.3. The second-order valence-electron chi connectivity index (χ2n) is 8.01. The fraction of sp³-hybridized carbons (Fsp3) is 0.522. The van der Waals surface area contributed by atoms with Gasteiger partial charge in [0.1, 0.15) is 0 Å². The number of aliphatic imine (C=N–C) groups is 1. The molecule has 0 saturated carbocycles. The van der Waals surface area contributed by atoms with Gasteiger partial charge in [-0.05, 0) is 66.0 Å². The highest BCUT2D eigenvalue weighted by Gasteiger charge is 2.12. The molecular formula is C23H35N5S. The number of thiophene rings is 1. The number of nitrogens with one attached hydrogen (secondary N) is 2. The van der Waals surface area contributed by atoms with Crippen LogP contribution in [-0.4, -0.2) is 62.6 Å². The first-order chi connectivity index (χ1) is 14.1. The van der Waals surface area contributed by atoms with Crippen molar-refractivity contribution in [2.24, 2.45) is 4.99 Å². The van der Waals surface area contributed by atoms with Crippen LogP contribution in [0.3, 0.4) is 0 Å². The van der Waals surface area contributed by atoms with Crippen LogP contribution in [0.1, 0.15) is 36.0 Å². The number of benzene rings is 1. The molecule has 2 aromatic rings. The van der Waals surface area contributed by atoms with Crippen molar-refractivity contribution in [2.75, 3.05) is 46.8 Å². The lowest BCUT2D eigenvalue weighted by atomic mass is 10.1. The Morgan fingerprint density at radius 3 is 2.59 bits per heavy atom. The summed E-state index contributed by atoms with van der Waals surface area (Å²) in [6.45, 7) is 9.67. The first-order valence-corrected chi connectivity index (χ1v) is 11.5. The summed E-state index contributed by atoms with van der Waals surface area (Å²) in [4.78, 5) is 9.35. The Bertz CT molecular complexity index is 741. The van der Waals surface area contributed by atoms with E-state index in [0.29, 0.717) is 5.92 Å². The molecule has 1 atom stereocenters.